The number of amides is 2. The highest BCUT2D eigenvalue weighted by atomic mass is 16.5. The van der Waals surface area contributed by atoms with Crippen LogP contribution in [0.5, 0.6) is 11.5 Å². The molecule has 1 aromatic heterocycles. The topological polar surface area (TPSA) is 108 Å². The van der Waals surface area contributed by atoms with Crippen molar-refractivity contribution >= 4 is 28.5 Å². The average molecular weight is 544 g/mol. The molecule has 0 saturated carbocycles. The second-order valence-corrected chi connectivity index (χ2v) is 9.68. The quantitative estimate of drug-likeness (QED) is 0.324. The number of methoxy groups -OCH3 is 2. The fraction of sp³-hybridized carbons (Fsp3) is 0.333. The lowest BCUT2D eigenvalue weighted by Gasteiger charge is -2.33. The van der Waals surface area contributed by atoms with Gasteiger partial charge in [0.05, 0.1) is 25.8 Å². The van der Waals surface area contributed by atoms with Crippen LogP contribution < -0.4 is 19.7 Å². The molecule has 5 rings (SSSR count). The molecule has 0 aliphatic carbocycles. The number of hydrogen-bond donors (Lipinski definition) is 1. The summed E-state index contributed by atoms with van der Waals surface area (Å²) in [7, 11) is 3.08. The number of rotatable bonds is 10. The number of aryl methyl sites for hydroxylation is 1. The number of para-hydroxylation sites is 1. The third-order valence-electron chi connectivity index (χ3n) is 7.14. The fourth-order valence-electron chi connectivity index (χ4n) is 5.06. The molecule has 0 unspecified atom stereocenters. The van der Waals surface area contributed by atoms with Gasteiger partial charge >= 0.3 is 0 Å². The molecule has 1 fully saturated rings. The number of fused-ring (bicyclic) bond motifs is 1. The first-order valence-electron chi connectivity index (χ1n) is 13.3. The van der Waals surface area contributed by atoms with E-state index in [1.54, 1.807) is 30.0 Å². The molecule has 1 N–H and O–H groups in total. The second-order valence-electron chi connectivity index (χ2n) is 9.68. The molecule has 40 heavy (non-hydrogen) atoms. The molecule has 2 atom stereocenters. The maximum atomic E-state index is 14.3. The van der Waals surface area contributed by atoms with Crippen LogP contribution in [-0.2, 0) is 20.9 Å². The van der Waals surface area contributed by atoms with Crippen LogP contribution >= 0.6 is 0 Å². The van der Waals surface area contributed by atoms with Crippen molar-refractivity contribution in [3.8, 4) is 11.5 Å². The minimum atomic E-state index is -0.969. The minimum absolute atomic E-state index is 0.0479. The van der Waals surface area contributed by atoms with Gasteiger partial charge in [-0.2, -0.15) is 0 Å². The van der Waals surface area contributed by atoms with Crippen LogP contribution in [-0.4, -0.2) is 60.3 Å². The van der Waals surface area contributed by atoms with E-state index in [2.05, 4.69) is 15.6 Å². The summed E-state index contributed by atoms with van der Waals surface area (Å²) in [6, 6.07) is 19.2. The van der Waals surface area contributed by atoms with Gasteiger partial charge in [0.15, 0.2) is 11.5 Å². The molecule has 0 radical (unpaired) electrons. The van der Waals surface area contributed by atoms with E-state index in [0.29, 0.717) is 41.4 Å². The Balaban J connectivity index is 1.59. The van der Waals surface area contributed by atoms with E-state index < -0.39 is 6.04 Å². The smallest absolute Gasteiger partial charge is 0.249 e. The SMILES string of the molecule is COc1ccc(N(C(=O)Cn2nnc3ccccc32)[C@@H](C(=O)NC[C@H]2CCCO2)c2ccccc2C)cc1OC. The summed E-state index contributed by atoms with van der Waals surface area (Å²) in [4.78, 5) is 29.8. The molecule has 1 saturated heterocycles. The summed E-state index contributed by atoms with van der Waals surface area (Å²) in [6.45, 7) is 2.85. The van der Waals surface area contributed by atoms with Crippen LogP contribution in [0.15, 0.2) is 66.7 Å². The Morgan fingerprint density at radius 3 is 2.60 bits per heavy atom. The number of benzene rings is 3. The molecule has 2 amide bonds. The van der Waals surface area contributed by atoms with E-state index in [1.807, 2.05) is 55.5 Å². The Morgan fingerprint density at radius 2 is 1.85 bits per heavy atom. The average Bonchev–Trinajstić information content (AvgIpc) is 3.65. The van der Waals surface area contributed by atoms with Crippen LogP contribution in [0.4, 0.5) is 5.69 Å². The molecule has 208 valence electrons. The van der Waals surface area contributed by atoms with Crippen molar-refractivity contribution in [2.24, 2.45) is 0 Å². The zero-order chi connectivity index (χ0) is 28.1. The van der Waals surface area contributed by atoms with Crippen molar-refractivity contribution < 1.29 is 23.8 Å². The number of hydrogen-bond acceptors (Lipinski definition) is 7. The van der Waals surface area contributed by atoms with Gasteiger partial charge in [0.1, 0.15) is 18.1 Å². The molecule has 0 spiro atoms. The maximum absolute atomic E-state index is 14.3. The lowest BCUT2D eigenvalue weighted by molar-refractivity contribution is -0.127. The fourth-order valence-corrected chi connectivity index (χ4v) is 5.06. The van der Waals surface area contributed by atoms with Gasteiger partial charge in [-0.15, -0.1) is 5.10 Å². The summed E-state index contributed by atoms with van der Waals surface area (Å²) < 4.78 is 18.2. The second kappa shape index (κ2) is 12.2. The maximum Gasteiger partial charge on any atom is 0.249 e. The van der Waals surface area contributed by atoms with Gasteiger partial charge in [0.2, 0.25) is 11.8 Å². The first kappa shape index (κ1) is 27.1. The van der Waals surface area contributed by atoms with E-state index in [9.17, 15) is 9.59 Å². The van der Waals surface area contributed by atoms with Gasteiger partial charge in [-0.25, -0.2) is 4.68 Å². The lowest BCUT2D eigenvalue weighted by Crippen LogP contribution is -2.47. The summed E-state index contributed by atoms with van der Waals surface area (Å²) >= 11 is 0. The molecule has 10 heteroatoms. The van der Waals surface area contributed by atoms with Crippen LogP contribution in [0.3, 0.4) is 0 Å². The Morgan fingerprint density at radius 1 is 1.07 bits per heavy atom. The van der Waals surface area contributed by atoms with Gasteiger partial charge in [-0.05, 0) is 55.2 Å². The van der Waals surface area contributed by atoms with E-state index in [0.717, 1.165) is 23.9 Å². The molecular formula is C30H33N5O5. The molecule has 3 aromatic carbocycles. The van der Waals surface area contributed by atoms with Gasteiger partial charge in [0, 0.05) is 24.9 Å². The molecule has 1 aliphatic heterocycles. The number of nitrogens with zero attached hydrogens (tertiary/aromatic N) is 4. The molecule has 2 heterocycles. The number of nitrogens with one attached hydrogen (secondary N) is 1. The van der Waals surface area contributed by atoms with Gasteiger partial charge < -0.3 is 19.5 Å². The highest BCUT2D eigenvalue weighted by Crippen LogP contribution is 2.36. The third-order valence-corrected chi connectivity index (χ3v) is 7.14. The number of anilines is 1. The van der Waals surface area contributed by atoms with Crippen molar-refractivity contribution in [3.63, 3.8) is 0 Å². The van der Waals surface area contributed by atoms with E-state index in [-0.39, 0.29) is 24.5 Å². The summed E-state index contributed by atoms with van der Waals surface area (Å²) in [6.07, 6.45) is 1.80. The van der Waals surface area contributed by atoms with Crippen molar-refractivity contribution in [2.75, 3.05) is 32.3 Å². The minimum Gasteiger partial charge on any atom is -0.493 e. The van der Waals surface area contributed by atoms with Crippen LogP contribution in [0, 0.1) is 6.92 Å². The van der Waals surface area contributed by atoms with Crippen LogP contribution in [0.1, 0.15) is 30.0 Å². The molecular weight excluding hydrogens is 510 g/mol. The van der Waals surface area contributed by atoms with Crippen LogP contribution in [0.2, 0.25) is 0 Å². The summed E-state index contributed by atoms with van der Waals surface area (Å²) in [5, 5.41) is 11.5. The molecule has 4 aromatic rings. The Kier molecular flexibility index (Phi) is 8.26. The van der Waals surface area contributed by atoms with E-state index in [4.69, 9.17) is 14.2 Å². The predicted octanol–water partition coefficient (Wildman–Crippen LogP) is 3.83. The van der Waals surface area contributed by atoms with Crippen LogP contribution in [0.25, 0.3) is 11.0 Å². The van der Waals surface area contributed by atoms with Crippen molar-refractivity contribution in [1.29, 1.82) is 0 Å². The van der Waals surface area contributed by atoms with E-state index in [1.165, 1.54) is 12.0 Å². The standard InChI is InChI=1S/C30H33N5O5/c1-20-9-4-5-11-23(20)29(30(37)31-18-22-10-8-16-40-22)35(21-14-15-26(38-2)27(17-21)39-3)28(36)19-34-25-13-7-6-12-24(25)32-33-34/h4-7,9,11-15,17,22,29H,8,10,16,18-19H2,1-3H3,(H,31,37)/t22-,29-/m1/s1. The van der Waals surface area contributed by atoms with Crippen molar-refractivity contribution in [1.82, 2.24) is 20.3 Å². The summed E-state index contributed by atoms with van der Waals surface area (Å²) in [5.41, 5.74) is 3.46. The molecule has 0 bridgehead atoms. The highest BCUT2D eigenvalue weighted by molar-refractivity contribution is 6.02. The monoisotopic (exact) mass is 543 g/mol. The van der Waals surface area contributed by atoms with Gasteiger partial charge in [0.25, 0.3) is 0 Å². The Hall–Kier alpha value is -4.44. The van der Waals surface area contributed by atoms with Gasteiger partial charge in [-0.1, -0.05) is 41.6 Å². The predicted molar refractivity (Wildman–Crippen MR) is 150 cm³/mol. The number of ether oxygens (including phenoxy) is 3. The van der Waals surface area contributed by atoms with E-state index >= 15 is 0 Å². The Labute approximate surface area is 232 Å². The highest BCUT2D eigenvalue weighted by Gasteiger charge is 2.35. The van der Waals surface area contributed by atoms with Crippen molar-refractivity contribution in [3.05, 3.63) is 77.9 Å². The normalized spacial score (nSPS) is 15.5. The zero-order valence-electron chi connectivity index (χ0n) is 22.9. The third kappa shape index (κ3) is 5.62. The number of carbonyl (C=O) groups is 2. The Bertz CT molecular complexity index is 1500. The first-order chi connectivity index (χ1) is 19.5. The van der Waals surface area contributed by atoms with Crippen molar-refractivity contribution in [2.45, 2.75) is 38.5 Å². The summed E-state index contributed by atoms with van der Waals surface area (Å²) in [5.74, 6) is 0.295. The van der Waals surface area contributed by atoms with Gasteiger partial charge in [-0.3, -0.25) is 14.5 Å². The first-order valence-corrected chi connectivity index (χ1v) is 13.3. The largest absolute Gasteiger partial charge is 0.493 e. The lowest BCUT2D eigenvalue weighted by atomic mass is 9.98. The number of aromatic nitrogens is 3. The molecule has 10 nitrogen and oxygen atoms in total. The number of carbonyl (C=O) groups excluding carboxylic acids is 2. The zero-order valence-corrected chi connectivity index (χ0v) is 22.9. The molecule has 1 aliphatic rings.